The van der Waals surface area contributed by atoms with Crippen molar-refractivity contribution in [1.82, 2.24) is 4.90 Å². The molecule has 2 aliphatic rings. The highest BCUT2D eigenvalue weighted by atomic mass is 15.3. The Kier molecular flexibility index (Phi) is 6.52. The summed E-state index contributed by atoms with van der Waals surface area (Å²) in [4.78, 5) is 5.17. The minimum absolute atomic E-state index is 0.404. The molecule has 0 bridgehead atoms. The van der Waals surface area contributed by atoms with Gasteiger partial charge in [-0.2, -0.15) is 0 Å². The number of nitrogens with zero attached hydrogens (tertiary/aromatic N) is 2. The summed E-state index contributed by atoms with van der Waals surface area (Å²) in [6.07, 6.45) is 8.79. The molecule has 0 aromatic heterocycles. The van der Waals surface area contributed by atoms with Crippen LogP contribution in [0.2, 0.25) is 0 Å². The second kappa shape index (κ2) is 8.68. The van der Waals surface area contributed by atoms with Gasteiger partial charge in [0.05, 0.1) is 0 Å². The lowest BCUT2D eigenvalue weighted by Gasteiger charge is -2.38. The van der Waals surface area contributed by atoms with E-state index in [2.05, 4.69) is 61.8 Å². The van der Waals surface area contributed by atoms with Crippen LogP contribution < -0.4 is 10.6 Å². The predicted octanol–water partition coefficient (Wildman–Crippen LogP) is 5.42. The van der Waals surface area contributed by atoms with Gasteiger partial charge in [-0.25, -0.2) is 0 Å². The van der Waals surface area contributed by atoms with E-state index >= 15 is 0 Å². The fraction of sp³-hybridized carbons (Fsp3) is 0.667. The number of piperazine rings is 1. The molecule has 1 saturated heterocycles. The van der Waals surface area contributed by atoms with E-state index in [1.807, 2.05) is 0 Å². The van der Waals surface area contributed by atoms with Gasteiger partial charge < -0.3 is 10.6 Å². The second-order valence-corrected chi connectivity index (χ2v) is 9.53. The van der Waals surface area contributed by atoms with E-state index in [9.17, 15) is 0 Å². The van der Waals surface area contributed by atoms with Crippen LogP contribution in [-0.2, 0) is 0 Å². The molecule has 0 radical (unpaired) electrons. The fourth-order valence-corrected chi connectivity index (χ4v) is 4.54. The summed E-state index contributed by atoms with van der Waals surface area (Å²) < 4.78 is 0. The minimum Gasteiger partial charge on any atom is -0.399 e. The Morgan fingerprint density at radius 2 is 1.85 bits per heavy atom. The zero-order valence-corrected chi connectivity index (χ0v) is 17.9. The van der Waals surface area contributed by atoms with Crippen LogP contribution in [0.5, 0.6) is 0 Å². The highest BCUT2D eigenvalue weighted by Gasteiger charge is 2.28. The quantitative estimate of drug-likeness (QED) is 0.703. The molecule has 3 nitrogen and oxygen atoms in total. The molecule has 27 heavy (non-hydrogen) atoms. The van der Waals surface area contributed by atoms with Crippen LogP contribution in [0.15, 0.2) is 24.3 Å². The Labute approximate surface area is 166 Å². The SMILES string of the molecule is CCCCN1CCN(c2cc(N)ccc2C2=CCC(C(C)(C)C)CC2)CC1. The van der Waals surface area contributed by atoms with E-state index in [-0.39, 0.29) is 0 Å². The zero-order valence-electron chi connectivity index (χ0n) is 17.9. The number of benzene rings is 1. The van der Waals surface area contributed by atoms with Gasteiger partial charge in [0.25, 0.3) is 0 Å². The summed E-state index contributed by atoms with van der Waals surface area (Å²) in [6, 6.07) is 6.54. The molecule has 3 rings (SSSR count). The van der Waals surface area contributed by atoms with E-state index < -0.39 is 0 Å². The second-order valence-electron chi connectivity index (χ2n) is 9.53. The summed E-state index contributed by atoms with van der Waals surface area (Å²) in [5.74, 6) is 0.792. The van der Waals surface area contributed by atoms with Gasteiger partial charge in [-0.05, 0) is 61.3 Å². The maximum atomic E-state index is 6.18. The molecule has 0 amide bonds. The third kappa shape index (κ3) is 5.07. The number of nitrogen functional groups attached to an aromatic ring is 1. The maximum absolute atomic E-state index is 6.18. The number of hydrogen-bond donors (Lipinski definition) is 1. The molecule has 3 heteroatoms. The first-order valence-corrected chi connectivity index (χ1v) is 10.9. The first-order valence-electron chi connectivity index (χ1n) is 10.9. The van der Waals surface area contributed by atoms with Crippen LogP contribution in [0, 0.1) is 11.3 Å². The monoisotopic (exact) mass is 369 g/mol. The molecule has 1 aliphatic heterocycles. The van der Waals surface area contributed by atoms with Gasteiger partial charge >= 0.3 is 0 Å². The number of anilines is 2. The molecular weight excluding hydrogens is 330 g/mol. The Bertz CT molecular complexity index is 648. The van der Waals surface area contributed by atoms with Crippen molar-refractivity contribution in [3.8, 4) is 0 Å². The fourth-order valence-electron chi connectivity index (χ4n) is 4.54. The van der Waals surface area contributed by atoms with E-state index in [0.717, 1.165) is 24.7 Å². The lowest BCUT2D eigenvalue weighted by atomic mass is 9.72. The normalized spacial score (nSPS) is 22.0. The molecule has 150 valence electrons. The number of nitrogens with two attached hydrogens (primary N) is 1. The van der Waals surface area contributed by atoms with Crippen molar-refractivity contribution in [3.05, 3.63) is 29.8 Å². The van der Waals surface area contributed by atoms with Crippen molar-refractivity contribution in [2.45, 2.75) is 59.8 Å². The summed E-state index contributed by atoms with van der Waals surface area (Å²) in [7, 11) is 0. The third-order valence-corrected chi connectivity index (χ3v) is 6.54. The van der Waals surface area contributed by atoms with E-state index in [0.29, 0.717) is 5.41 Å². The van der Waals surface area contributed by atoms with Crippen LogP contribution >= 0.6 is 0 Å². The van der Waals surface area contributed by atoms with Crippen LogP contribution in [0.3, 0.4) is 0 Å². The van der Waals surface area contributed by atoms with Crippen molar-refractivity contribution in [1.29, 1.82) is 0 Å². The van der Waals surface area contributed by atoms with Gasteiger partial charge in [0.2, 0.25) is 0 Å². The Hall–Kier alpha value is -1.48. The Morgan fingerprint density at radius 3 is 2.44 bits per heavy atom. The van der Waals surface area contributed by atoms with Crippen LogP contribution in [0.25, 0.3) is 5.57 Å². The molecular formula is C24H39N3. The molecule has 1 aliphatic carbocycles. The Morgan fingerprint density at radius 1 is 1.11 bits per heavy atom. The van der Waals surface area contributed by atoms with Gasteiger partial charge in [-0.15, -0.1) is 0 Å². The van der Waals surface area contributed by atoms with Gasteiger partial charge in [0, 0.05) is 43.1 Å². The average molecular weight is 370 g/mol. The first-order chi connectivity index (χ1) is 12.9. The van der Waals surface area contributed by atoms with Crippen molar-refractivity contribution >= 4 is 16.9 Å². The highest BCUT2D eigenvalue weighted by molar-refractivity contribution is 5.79. The lowest BCUT2D eigenvalue weighted by molar-refractivity contribution is 0.225. The van der Waals surface area contributed by atoms with Crippen LogP contribution in [0.4, 0.5) is 11.4 Å². The first kappa shape index (κ1) is 20.3. The van der Waals surface area contributed by atoms with Gasteiger partial charge in [0.1, 0.15) is 0 Å². The predicted molar refractivity (Wildman–Crippen MR) is 119 cm³/mol. The Balaban J connectivity index is 1.74. The lowest BCUT2D eigenvalue weighted by Crippen LogP contribution is -2.46. The van der Waals surface area contributed by atoms with E-state index in [1.54, 1.807) is 0 Å². The maximum Gasteiger partial charge on any atom is 0.0464 e. The van der Waals surface area contributed by atoms with Gasteiger partial charge in [-0.1, -0.05) is 46.3 Å². The molecule has 1 fully saturated rings. The van der Waals surface area contributed by atoms with Crippen molar-refractivity contribution in [3.63, 3.8) is 0 Å². The summed E-state index contributed by atoms with van der Waals surface area (Å²) in [6.45, 7) is 15.2. The molecule has 1 unspecified atom stereocenters. The third-order valence-electron chi connectivity index (χ3n) is 6.54. The number of rotatable bonds is 5. The molecule has 0 spiro atoms. The minimum atomic E-state index is 0.404. The zero-order chi connectivity index (χ0) is 19.4. The molecule has 1 heterocycles. The number of allylic oxidation sites excluding steroid dienone is 2. The van der Waals surface area contributed by atoms with Gasteiger partial charge in [-0.3, -0.25) is 4.90 Å². The van der Waals surface area contributed by atoms with E-state index in [4.69, 9.17) is 5.73 Å². The summed E-state index contributed by atoms with van der Waals surface area (Å²) >= 11 is 0. The summed E-state index contributed by atoms with van der Waals surface area (Å²) in [5, 5.41) is 0. The van der Waals surface area contributed by atoms with E-state index in [1.165, 1.54) is 68.6 Å². The topological polar surface area (TPSA) is 32.5 Å². The largest absolute Gasteiger partial charge is 0.399 e. The standard InChI is InChI=1S/C24H39N3/c1-5-6-13-26-14-16-27(17-15-26)23-18-21(25)11-12-22(23)19-7-9-20(10-8-19)24(2,3)4/h7,11-12,18,20H,5-6,8-10,13-17,25H2,1-4H3. The molecule has 1 aromatic carbocycles. The van der Waals surface area contributed by atoms with Crippen molar-refractivity contribution in [2.75, 3.05) is 43.4 Å². The van der Waals surface area contributed by atoms with Crippen LogP contribution in [-0.4, -0.2) is 37.6 Å². The molecule has 1 atom stereocenters. The molecule has 0 saturated carbocycles. The van der Waals surface area contributed by atoms with Crippen molar-refractivity contribution < 1.29 is 0 Å². The smallest absolute Gasteiger partial charge is 0.0464 e. The molecule has 2 N–H and O–H groups in total. The summed E-state index contributed by atoms with van der Waals surface area (Å²) in [5.41, 5.74) is 11.8. The molecule has 1 aromatic rings. The van der Waals surface area contributed by atoms with Crippen LogP contribution in [0.1, 0.15) is 65.4 Å². The highest BCUT2D eigenvalue weighted by Crippen LogP contribution is 2.42. The average Bonchev–Trinajstić information content (AvgIpc) is 2.66. The van der Waals surface area contributed by atoms with Gasteiger partial charge in [0.15, 0.2) is 0 Å². The number of unbranched alkanes of at least 4 members (excludes halogenated alkanes) is 1. The number of hydrogen-bond acceptors (Lipinski definition) is 3. The van der Waals surface area contributed by atoms with Crippen molar-refractivity contribution in [2.24, 2.45) is 11.3 Å².